The molecule has 0 aromatic carbocycles. The SMILES string of the molecule is O=C(NCCC(=O)N(Cc1ccco1)CC(F)(F)F)c1cccs1. The standard InChI is InChI=1S/C15H15F3N2O3S/c16-15(17,18)10-20(9-11-3-1-7-23-11)13(21)5-6-19-14(22)12-4-2-8-24-12/h1-4,7-8H,5-6,9-10H2,(H,19,22). The zero-order valence-electron chi connectivity index (χ0n) is 12.5. The molecule has 0 saturated carbocycles. The maximum Gasteiger partial charge on any atom is 0.406 e. The molecule has 9 heteroatoms. The Morgan fingerprint density at radius 2 is 2.04 bits per heavy atom. The third kappa shape index (κ3) is 5.73. The molecule has 1 N–H and O–H groups in total. The summed E-state index contributed by atoms with van der Waals surface area (Å²) in [5.41, 5.74) is 0. The molecule has 24 heavy (non-hydrogen) atoms. The maximum absolute atomic E-state index is 12.6. The molecule has 0 aliphatic rings. The number of alkyl halides is 3. The molecule has 0 radical (unpaired) electrons. The van der Waals surface area contributed by atoms with Crippen molar-refractivity contribution in [3.63, 3.8) is 0 Å². The first-order chi connectivity index (χ1) is 11.3. The van der Waals surface area contributed by atoms with Crippen molar-refractivity contribution in [1.82, 2.24) is 10.2 Å². The maximum atomic E-state index is 12.6. The van der Waals surface area contributed by atoms with Crippen molar-refractivity contribution in [2.24, 2.45) is 0 Å². The van der Waals surface area contributed by atoms with Crippen LogP contribution in [0.15, 0.2) is 40.3 Å². The summed E-state index contributed by atoms with van der Waals surface area (Å²) in [5, 5.41) is 4.24. The zero-order chi connectivity index (χ0) is 17.6. The first kappa shape index (κ1) is 18.1. The molecule has 2 heterocycles. The van der Waals surface area contributed by atoms with Crippen molar-refractivity contribution < 1.29 is 27.2 Å². The summed E-state index contributed by atoms with van der Waals surface area (Å²) >= 11 is 1.24. The number of hydrogen-bond donors (Lipinski definition) is 1. The van der Waals surface area contributed by atoms with Gasteiger partial charge in [0.15, 0.2) is 0 Å². The number of carbonyl (C=O) groups excluding carboxylic acids is 2. The average molecular weight is 360 g/mol. The summed E-state index contributed by atoms with van der Waals surface area (Å²) in [6.45, 7) is -1.68. The van der Waals surface area contributed by atoms with Crippen LogP contribution in [0.2, 0.25) is 0 Å². The fourth-order valence-electron chi connectivity index (χ4n) is 1.98. The van der Waals surface area contributed by atoms with Gasteiger partial charge in [-0.05, 0) is 23.6 Å². The quantitative estimate of drug-likeness (QED) is 0.826. The Bertz CT molecular complexity index is 654. The number of nitrogens with zero attached hydrogens (tertiary/aromatic N) is 1. The van der Waals surface area contributed by atoms with Crippen LogP contribution in [0.1, 0.15) is 21.9 Å². The molecule has 0 fully saturated rings. The average Bonchev–Trinajstić information content (AvgIpc) is 3.18. The van der Waals surface area contributed by atoms with Crippen molar-refractivity contribution in [3.05, 3.63) is 46.5 Å². The molecule has 0 spiro atoms. The number of thiophene rings is 1. The number of carbonyl (C=O) groups is 2. The highest BCUT2D eigenvalue weighted by molar-refractivity contribution is 7.12. The van der Waals surface area contributed by atoms with E-state index in [0.29, 0.717) is 9.78 Å². The molecule has 2 aromatic heterocycles. The monoisotopic (exact) mass is 360 g/mol. The molecule has 2 amide bonds. The van der Waals surface area contributed by atoms with Crippen molar-refractivity contribution in [2.45, 2.75) is 19.1 Å². The summed E-state index contributed by atoms with van der Waals surface area (Å²) in [7, 11) is 0. The first-order valence-electron chi connectivity index (χ1n) is 7.04. The van der Waals surface area contributed by atoms with Gasteiger partial charge < -0.3 is 14.6 Å². The van der Waals surface area contributed by atoms with Gasteiger partial charge in [0.2, 0.25) is 5.91 Å². The van der Waals surface area contributed by atoms with Crippen LogP contribution < -0.4 is 5.32 Å². The fourth-order valence-corrected chi connectivity index (χ4v) is 2.62. The summed E-state index contributed by atoms with van der Waals surface area (Å²) < 4.78 is 42.9. The van der Waals surface area contributed by atoms with Crippen LogP contribution in [-0.4, -0.2) is 36.0 Å². The van der Waals surface area contributed by atoms with Gasteiger partial charge in [-0.3, -0.25) is 9.59 Å². The number of nitrogens with one attached hydrogen (secondary N) is 1. The van der Waals surface area contributed by atoms with E-state index in [1.165, 1.54) is 29.7 Å². The van der Waals surface area contributed by atoms with Gasteiger partial charge in [-0.1, -0.05) is 6.07 Å². The Morgan fingerprint density at radius 3 is 2.62 bits per heavy atom. The molecule has 2 aromatic rings. The lowest BCUT2D eigenvalue weighted by atomic mass is 10.3. The van der Waals surface area contributed by atoms with E-state index in [4.69, 9.17) is 4.42 Å². The first-order valence-corrected chi connectivity index (χ1v) is 7.92. The minimum Gasteiger partial charge on any atom is -0.467 e. The topological polar surface area (TPSA) is 62.6 Å². The minimum atomic E-state index is -4.51. The van der Waals surface area contributed by atoms with E-state index in [9.17, 15) is 22.8 Å². The van der Waals surface area contributed by atoms with Crippen LogP contribution in [0.25, 0.3) is 0 Å². The zero-order valence-corrected chi connectivity index (χ0v) is 13.3. The van der Waals surface area contributed by atoms with Crippen LogP contribution in [-0.2, 0) is 11.3 Å². The van der Waals surface area contributed by atoms with Crippen molar-refractivity contribution in [1.29, 1.82) is 0 Å². The predicted molar refractivity (Wildman–Crippen MR) is 81.4 cm³/mol. The smallest absolute Gasteiger partial charge is 0.406 e. The predicted octanol–water partition coefficient (Wildman–Crippen LogP) is 3.05. The van der Waals surface area contributed by atoms with Gasteiger partial charge >= 0.3 is 6.18 Å². The van der Waals surface area contributed by atoms with Crippen LogP contribution in [0.5, 0.6) is 0 Å². The second kappa shape index (κ2) is 8.00. The lowest BCUT2D eigenvalue weighted by molar-refractivity contribution is -0.162. The lowest BCUT2D eigenvalue weighted by Crippen LogP contribution is -2.40. The van der Waals surface area contributed by atoms with Crippen LogP contribution in [0.3, 0.4) is 0 Å². The van der Waals surface area contributed by atoms with E-state index >= 15 is 0 Å². The van der Waals surface area contributed by atoms with Gasteiger partial charge in [-0.25, -0.2) is 0 Å². The summed E-state index contributed by atoms with van der Waals surface area (Å²) in [4.78, 5) is 24.9. The van der Waals surface area contributed by atoms with Gasteiger partial charge in [0, 0.05) is 13.0 Å². The third-order valence-corrected chi connectivity index (χ3v) is 3.89. The molecular weight excluding hydrogens is 345 g/mol. The van der Waals surface area contributed by atoms with E-state index in [1.54, 1.807) is 17.5 Å². The van der Waals surface area contributed by atoms with Crippen LogP contribution in [0, 0.1) is 0 Å². The Kier molecular flexibility index (Phi) is 6.02. The number of amides is 2. The Labute approximate surface area is 140 Å². The normalized spacial score (nSPS) is 11.3. The minimum absolute atomic E-state index is 0.0396. The van der Waals surface area contributed by atoms with Crippen LogP contribution >= 0.6 is 11.3 Å². The highest BCUT2D eigenvalue weighted by Crippen LogP contribution is 2.19. The van der Waals surface area contributed by atoms with E-state index in [2.05, 4.69) is 5.32 Å². The molecule has 0 aliphatic carbocycles. The molecule has 130 valence electrons. The molecule has 0 aliphatic heterocycles. The third-order valence-electron chi connectivity index (χ3n) is 3.02. The molecule has 0 atom stereocenters. The largest absolute Gasteiger partial charge is 0.467 e. The highest BCUT2D eigenvalue weighted by atomic mass is 32.1. The van der Waals surface area contributed by atoms with Gasteiger partial charge in [0.1, 0.15) is 12.3 Å². The second-order valence-electron chi connectivity index (χ2n) is 4.93. The molecular formula is C15H15F3N2O3S. The second-order valence-corrected chi connectivity index (χ2v) is 5.88. The Balaban J connectivity index is 1.88. The molecule has 0 saturated heterocycles. The van der Waals surface area contributed by atoms with E-state index in [-0.39, 0.29) is 31.2 Å². The van der Waals surface area contributed by atoms with Crippen molar-refractivity contribution >= 4 is 23.2 Å². The Morgan fingerprint density at radius 1 is 1.25 bits per heavy atom. The van der Waals surface area contributed by atoms with Crippen LogP contribution in [0.4, 0.5) is 13.2 Å². The lowest BCUT2D eigenvalue weighted by Gasteiger charge is -2.23. The van der Waals surface area contributed by atoms with Gasteiger partial charge in [0.05, 0.1) is 17.7 Å². The molecule has 2 rings (SSSR count). The van der Waals surface area contributed by atoms with E-state index in [0.717, 1.165) is 0 Å². The number of halogens is 3. The van der Waals surface area contributed by atoms with Crippen molar-refractivity contribution in [3.8, 4) is 0 Å². The number of furan rings is 1. The van der Waals surface area contributed by atoms with E-state index in [1.807, 2.05) is 0 Å². The van der Waals surface area contributed by atoms with Gasteiger partial charge in [0.25, 0.3) is 5.91 Å². The highest BCUT2D eigenvalue weighted by Gasteiger charge is 2.33. The molecule has 5 nitrogen and oxygen atoms in total. The van der Waals surface area contributed by atoms with E-state index < -0.39 is 18.6 Å². The number of hydrogen-bond acceptors (Lipinski definition) is 4. The van der Waals surface area contributed by atoms with Gasteiger partial charge in [-0.2, -0.15) is 13.2 Å². The molecule has 0 unspecified atom stereocenters. The summed E-state index contributed by atoms with van der Waals surface area (Å²) in [6, 6.07) is 6.36. The van der Waals surface area contributed by atoms with Gasteiger partial charge in [-0.15, -0.1) is 11.3 Å². The summed E-state index contributed by atoms with van der Waals surface area (Å²) in [6.07, 6.45) is -3.41. The fraction of sp³-hybridized carbons (Fsp3) is 0.333. The summed E-state index contributed by atoms with van der Waals surface area (Å²) in [5.74, 6) is -0.809. The number of rotatable bonds is 7. The van der Waals surface area contributed by atoms with Crippen molar-refractivity contribution in [2.75, 3.05) is 13.1 Å². The Hall–Kier alpha value is -2.29. The molecule has 0 bridgehead atoms.